The molecule has 1 aliphatic heterocycles. The Bertz CT molecular complexity index is 1440. The molecule has 4 aromatic rings. The topological polar surface area (TPSA) is 79.2 Å². The molecule has 1 aromatic carbocycles. The van der Waals surface area contributed by atoms with Gasteiger partial charge in [0.15, 0.2) is 4.80 Å². The van der Waals surface area contributed by atoms with Gasteiger partial charge in [0.25, 0.3) is 11.5 Å². The highest BCUT2D eigenvalue weighted by Crippen LogP contribution is 2.33. The minimum Gasteiger partial charge on any atom is -0.362 e. The van der Waals surface area contributed by atoms with Gasteiger partial charge in [-0.15, -0.1) is 11.3 Å². The second kappa shape index (κ2) is 7.98. The Labute approximate surface area is 185 Å². The standard InChI is InChI=1S/C23H18N4O2S2/c1-14-19(21(28)26-15-7-3-2-4-8-15)20(17-10-6-12-30-17)27-22(29)18(31-23(27)25-14)13-16-9-5-11-24-16/h2-13,20,24H,1H3,(H,26,28)/b18-13+. The lowest BCUT2D eigenvalue weighted by Crippen LogP contribution is -2.40. The van der Waals surface area contributed by atoms with Gasteiger partial charge in [0.2, 0.25) is 0 Å². The van der Waals surface area contributed by atoms with E-state index in [0.29, 0.717) is 26.3 Å². The number of H-pyrrole nitrogens is 1. The van der Waals surface area contributed by atoms with E-state index < -0.39 is 6.04 Å². The SMILES string of the molecule is CC1=C(C(=O)Nc2ccccc2)C(c2cccs2)n2c(s/c(=C/c3ccc[nH]3)c2=O)=N1. The van der Waals surface area contributed by atoms with Crippen molar-refractivity contribution in [1.29, 1.82) is 0 Å². The molecule has 6 nitrogen and oxygen atoms in total. The molecule has 0 radical (unpaired) electrons. The van der Waals surface area contributed by atoms with Crippen LogP contribution in [0.4, 0.5) is 5.69 Å². The van der Waals surface area contributed by atoms with Gasteiger partial charge in [-0.2, -0.15) is 0 Å². The summed E-state index contributed by atoms with van der Waals surface area (Å²) in [6.07, 6.45) is 3.63. The van der Waals surface area contributed by atoms with Gasteiger partial charge >= 0.3 is 0 Å². The van der Waals surface area contributed by atoms with E-state index in [1.165, 1.54) is 22.7 Å². The van der Waals surface area contributed by atoms with E-state index in [1.807, 2.05) is 79.2 Å². The summed E-state index contributed by atoms with van der Waals surface area (Å²) in [5.74, 6) is -0.260. The van der Waals surface area contributed by atoms with Gasteiger partial charge in [0, 0.05) is 22.5 Å². The fourth-order valence-electron chi connectivity index (χ4n) is 3.62. The number of nitrogens with zero attached hydrogens (tertiary/aromatic N) is 2. The maximum absolute atomic E-state index is 13.4. The number of hydrogen-bond donors (Lipinski definition) is 2. The maximum Gasteiger partial charge on any atom is 0.271 e. The number of amides is 1. The Morgan fingerprint density at radius 1 is 1.16 bits per heavy atom. The van der Waals surface area contributed by atoms with Crippen LogP contribution < -0.4 is 20.2 Å². The number of anilines is 1. The zero-order valence-electron chi connectivity index (χ0n) is 16.5. The van der Waals surface area contributed by atoms with Crippen LogP contribution >= 0.6 is 22.7 Å². The Morgan fingerprint density at radius 3 is 2.71 bits per heavy atom. The summed E-state index contributed by atoms with van der Waals surface area (Å²) in [4.78, 5) is 36.0. The molecule has 1 atom stereocenters. The molecule has 0 saturated carbocycles. The van der Waals surface area contributed by atoms with Crippen LogP contribution in [0.15, 0.2) is 87.2 Å². The molecule has 0 bridgehead atoms. The van der Waals surface area contributed by atoms with Crippen molar-refractivity contribution >= 4 is 40.3 Å². The number of fused-ring (bicyclic) bond motifs is 1. The predicted octanol–water partition coefficient (Wildman–Crippen LogP) is 3.26. The number of allylic oxidation sites excluding steroid dienone is 1. The van der Waals surface area contributed by atoms with E-state index in [-0.39, 0.29) is 11.5 Å². The third kappa shape index (κ3) is 3.60. The minimum absolute atomic E-state index is 0.158. The van der Waals surface area contributed by atoms with Crippen molar-refractivity contribution in [3.05, 3.63) is 108 Å². The lowest BCUT2D eigenvalue weighted by Gasteiger charge is -2.24. The Hall–Kier alpha value is -3.49. The highest BCUT2D eigenvalue weighted by Gasteiger charge is 2.33. The smallest absolute Gasteiger partial charge is 0.271 e. The van der Waals surface area contributed by atoms with Crippen LogP contribution in [-0.4, -0.2) is 15.5 Å². The molecule has 1 amide bonds. The summed E-state index contributed by atoms with van der Waals surface area (Å²) < 4.78 is 2.21. The molecule has 0 spiro atoms. The largest absolute Gasteiger partial charge is 0.362 e. The van der Waals surface area contributed by atoms with Gasteiger partial charge in [-0.05, 0) is 48.7 Å². The number of thiazole rings is 1. The van der Waals surface area contributed by atoms with Crippen molar-refractivity contribution in [3.63, 3.8) is 0 Å². The summed E-state index contributed by atoms with van der Waals surface area (Å²) in [5, 5.41) is 4.90. The molecule has 0 aliphatic carbocycles. The number of carbonyl (C=O) groups is 1. The minimum atomic E-state index is -0.522. The third-order valence-corrected chi connectivity index (χ3v) is 6.93. The zero-order valence-corrected chi connectivity index (χ0v) is 18.2. The molecule has 1 unspecified atom stereocenters. The monoisotopic (exact) mass is 446 g/mol. The van der Waals surface area contributed by atoms with Crippen molar-refractivity contribution in [2.24, 2.45) is 4.99 Å². The molecule has 5 rings (SSSR count). The summed E-state index contributed by atoms with van der Waals surface area (Å²) in [6.45, 7) is 1.82. The second-order valence-electron chi connectivity index (χ2n) is 7.04. The molecule has 1 aliphatic rings. The number of para-hydroxylation sites is 1. The summed E-state index contributed by atoms with van der Waals surface area (Å²) in [7, 11) is 0. The number of aromatic nitrogens is 2. The highest BCUT2D eigenvalue weighted by atomic mass is 32.1. The van der Waals surface area contributed by atoms with Crippen molar-refractivity contribution in [2.45, 2.75) is 13.0 Å². The summed E-state index contributed by atoms with van der Waals surface area (Å²) >= 11 is 2.85. The molecule has 154 valence electrons. The van der Waals surface area contributed by atoms with Crippen LogP contribution in [0.3, 0.4) is 0 Å². The Morgan fingerprint density at radius 2 is 2.00 bits per heavy atom. The first kappa shape index (κ1) is 19.5. The first-order chi connectivity index (χ1) is 15.1. The first-order valence-electron chi connectivity index (χ1n) is 9.67. The van der Waals surface area contributed by atoms with Gasteiger partial charge in [0.05, 0.1) is 15.8 Å². The maximum atomic E-state index is 13.4. The molecule has 8 heteroatoms. The molecule has 31 heavy (non-hydrogen) atoms. The molecule has 4 heterocycles. The number of aromatic amines is 1. The van der Waals surface area contributed by atoms with Crippen molar-refractivity contribution in [3.8, 4) is 0 Å². The summed E-state index contributed by atoms with van der Waals surface area (Å²) in [5.41, 5.74) is 2.47. The van der Waals surface area contributed by atoms with Gasteiger partial charge in [-0.3, -0.25) is 14.2 Å². The van der Waals surface area contributed by atoms with Crippen LogP contribution in [0.1, 0.15) is 23.5 Å². The van der Waals surface area contributed by atoms with Gasteiger partial charge in [0.1, 0.15) is 6.04 Å². The zero-order chi connectivity index (χ0) is 21.4. The fraction of sp³-hybridized carbons (Fsp3) is 0.0870. The van der Waals surface area contributed by atoms with Crippen LogP contribution in [0.5, 0.6) is 0 Å². The van der Waals surface area contributed by atoms with E-state index in [9.17, 15) is 9.59 Å². The number of thiophene rings is 1. The predicted molar refractivity (Wildman–Crippen MR) is 124 cm³/mol. The quantitative estimate of drug-likeness (QED) is 0.505. The van der Waals surface area contributed by atoms with Crippen LogP contribution in [-0.2, 0) is 4.79 Å². The fourth-order valence-corrected chi connectivity index (χ4v) is 5.48. The van der Waals surface area contributed by atoms with E-state index in [1.54, 1.807) is 4.57 Å². The molecular formula is C23H18N4O2S2. The highest BCUT2D eigenvalue weighted by molar-refractivity contribution is 7.10. The first-order valence-corrected chi connectivity index (χ1v) is 11.4. The van der Waals surface area contributed by atoms with E-state index >= 15 is 0 Å². The average Bonchev–Trinajstić information content (AvgIpc) is 3.51. The Balaban J connectivity index is 1.66. The molecular weight excluding hydrogens is 428 g/mol. The van der Waals surface area contributed by atoms with Gasteiger partial charge in [-0.25, -0.2) is 4.99 Å². The second-order valence-corrected chi connectivity index (χ2v) is 9.03. The average molecular weight is 447 g/mol. The molecule has 3 aromatic heterocycles. The molecule has 0 saturated heterocycles. The van der Waals surface area contributed by atoms with E-state index in [0.717, 1.165) is 10.6 Å². The van der Waals surface area contributed by atoms with Crippen LogP contribution in [0.2, 0.25) is 0 Å². The number of nitrogens with one attached hydrogen (secondary N) is 2. The van der Waals surface area contributed by atoms with Crippen molar-refractivity contribution < 1.29 is 4.79 Å². The van der Waals surface area contributed by atoms with Crippen LogP contribution in [0, 0.1) is 0 Å². The van der Waals surface area contributed by atoms with Crippen molar-refractivity contribution in [1.82, 2.24) is 9.55 Å². The Kier molecular flexibility index (Phi) is 5.01. The third-order valence-electron chi connectivity index (χ3n) is 5.02. The number of carbonyl (C=O) groups excluding carboxylic acids is 1. The van der Waals surface area contributed by atoms with Crippen LogP contribution in [0.25, 0.3) is 6.08 Å². The number of rotatable bonds is 4. The number of hydrogen-bond acceptors (Lipinski definition) is 5. The molecule has 2 N–H and O–H groups in total. The normalized spacial score (nSPS) is 16.2. The van der Waals surface area contributed by atoms with E-state index in [2.05, 4.69) is 15.3 Å². The lowest BCUT2D eigenvalue weighted by atomic mass is 10.0. The molecule has 0 fully saturated rings. The van der Waals surface area contributed by atoms with E-state index in [4.69, 9.17) is 0 Å². The number of benzene rings is 1. The van der Waals surface area contributed by atoms with Gasteiger partial charge in [-0.1, -0.05) is 35.6 Å². The lowest BCUT2D eigenvalue weighted by molar-refractivity contribution is -0.113. The van der Waals surface area contributed by atoms with Gasteiger partial charge < -0.3 is 10.3 Å². The van der Waals surface area contributed by atoms with Crippen molar-refractivity contribution in [2.75, 3.05) is 5.32 Å². The summed E-state index contributed by atoms with van der Waals surface area (Å²) in [6, 6.07) is 16.4.